The van der Waals surface area contributed by atoms with Crippen LogP contribution in [0.5, 0.6) is 5.75 Å². The Hall–Kier alpha value is -1.98. The van der Waals surface area contributed by atoms with E-state index >= 15 is 0 Å². The van der Waals surface area contributed by atoms with Gasteiger partial charge in [0, 0.05) is 16.8 Å². The Morgan fingerprint density at radius 3 is 2.58 bits per heavy atom. The van der Waals surface area contributed by atoms with Gasteiger partial charge in [0.25, 0.3) is 0 Å². The fourth-order valence-corrected chi connectivity index (χ4v) is 1.96. The van der Waals surface area contributed by atoms with Crippen molar-refractivity contribution in [1.82, 2.24) is 4.98 Å². The van der Waals surface area contributed by atoms with E-state index in [-0.39, 0.29) is 5.75 Å². The Bertz CT molecular complexity index is 623. The second kappa shape index (κ2) is 4.60. The van der Waals surface area contributed by atoms with Crippen LogP contribution in [0.2, 0.25) is 0 Å². The van der Waals surface area contributed by atoms with Crippen LogP contribution in [0.3, 0.4) is 0 Å². The molecule has 0 saturated heterocycles. The molecule has 0 spiro atoms. The minimum atomic E-state index is -4.71. The van der Waals surface area contributed by atoms with Crippen molar-refractivity contribution < 1.29 is 17.9 Å². The van der Waals surface area contributed by atoms with Gasteiger partial charge in [0.15, 0.2) is 0 Å². The highest BCUT2D eigenvalue weighted by atomic mass is 19.4. The van der Waals surface area contributed by atoms with Gasteiger partial charge in [-0.25, -0.2) is 0 Å². The summed E-state index contributed by atoms with van der Waals surface area (Å²) in [4.78, 5) is 4.37. The standard InChI is InChI=1S/C13H13F3N2O/c1-3-10-7(2)12(17)9-6-8(19-13(14,15)16)4-5-11(9)18-10/h4-6H,3H2,1-2H3,(H2,17,18). The summed E-state index contributed by atoms with van der Waals surface area (Å²) in [5.74, 6) is -0.294. The largest absolute Gasteiger partial charge is 0.573 e. The topological polar surface area (TPSA) is 48.1 Å². The van der Waals surface area contributed by atoms with Crippen LogP contribution in [-0.2, 0) is 6.42 Å². The lowest BCUT2D eigenvalue weighted by molar-refractivity contribution is -0.274. The fraction of sp³-hybridized carbons (Fsp3) is 0.308. The third-order valence-corrected chi connectivity index (χ3v) is 2.92. The molecule has 0 saturated carbocycles. The number of aryl methyl sites for hydroxylation is 1. The van der Waals surface area contributed by atoms with Crippen molar-refractivity contribution in [2.75, 3.05) is 5.73 Å². The number of rotatable bonds is 2. The zero-order chi connectivity index (χ0) is 14.2. The monoisotopic (exact) mass is 270 g/mol. The van der Waals surface area contributed by atoms with Gasteiger partial charge in [-0.15, -0.1) is 13.2 Å². The van der Waals surface area contributed by atoms with Crippen LogP contribution >= 0.6 is 0 Å². The molecule has 0 unspecified atom stereocenters. The zero-order valence-electron chi connectivity index (χ0n) is 10.5. The number of anilines is 1. The third kappa shape index (κ3) is 2.72. The highest BCUT2D eigenvalue weighted by molar-refractivity contribution is 5.93. The maximum atomic E-state index is 12.2. The average molecular weight is 270 g/mol. The Kier molecular flexibility index (Phi) is 3.26. The quantitative estimate of drug-likeness (QED) is 0.907. The molecule has 2 N–H and O–H groups in total. The molecule has 102 valence electrons. The average Bonchev–Trinajstić information content (AvgIpc) is 2.32. The molecule has 3 nitrogen and oxygen atoms in total. The van der Waals surface area contributed by atoms with Crippen LogP contribution in [-0.4, -0.2) is 11.3 Å². The molecule has 19 heavy (non-hydrogen) atoms. The van der Waals surface area contributed by atoms with Gasteiger partial charge in [0.2, 0.25) is 0 Å². The van der Waals surface area contributed by atoms with Crippen LogP contribution in [0.25, 0.3) is 10.9 Å². The van der Waals surface area contributed by atoms with Crippen molar-refractivity contribution >= 4 is 16.6 Å². The Labute approximate surface area is 108 Å². The van der Waals surface area contributed by atoms with Crippen molar-refractivity contribution in [2.45, 2.75) is 26.6 Å². The molecule has 2 aromatic rings. The number of pyridine rings is 1. The third-order valence-electron chi connectivity index (χ3n) is 2.92. The van der Waals surface area contributed by atoms with Crippen LogP contribution < -0.4 is 10.5 Å². The number of nitrogens with zero attached hydrogens (tertiary/aromatic N) is 1. The Balaban J connectivity index is 2.57. The molecule has 0 aliphatic heterocycles. The molecule has 2 rings (SSSR count). The normalized spacial score (nSPS) is 11.8. The van der Waals surface area contributed by atoms with E-state index in [0.29, 0.717) is 23.0 Å². The molecule has 1 heterocycles. The summed E-state index contributed by atoms with van der Waals surface area (Å²) in [6.45, 7) is 3.75. The molecular weight excluding hydrogens is 257 g/mol. The van der Waals surface area contributed by atoms with Crippen LogP contribution in [0.4, 0.5) is 18.9 Å². The number of benzene rings is 1. The number of alkyl halides is 3. The molecule has 0 amide bonds. The SMILES string of the molecule is CCc1nc2ccc(OC(F)(F)F)cc2c(N)c1C. The predicted octanol–water partition coefficient (Wildman–Crippen LogP) is 3.59. The minimum absolute atomic E-state index is 0.294. The van der Waals surface area contributed by atoms with Crippen LogP contribution in [0.15, 0.2) is 18.2 Å². The fourth-order valence-electron chi connectivity index (χ4n) is 1.96. The highest BCUT2D eigenvalue weighted by Crippen LogP contribution is 2.31. The van der Waals surface area contributed by atoms with Crippen LogP contribution in [0, 0.1) is 6.92 Å². The number of hydrogen-bond donors (Lipinski definition) is 1. The van der Waals surface area contributed by atoms with Gasteiger partial charge in [-0.1, -0.05) is 6.92 Å². The number of aromatic nitrogens is 1. The molecule has 1 aromatic heterocycles. The van der Waals surface area contributed by atoms with Gasteiger partial charge in [-0.05, 0) is 37.1 Å². The van der Waals surface area contributed by atoms with E-state index in [4.69, 9.17) is 5.73 Å². The molecular formula is C13H13F3N2O. The summed E-state index contributed by atoms with van der Waals surface area (Å²) in [5.41, 5.74) is 8.59. The Morgan fingerprint density at radius 1 is 1.32 bits per heavy atom. The number of halogens is 3. The van der Waals surface area contributed by atoms with Gasteiger partial charge in [0.1, 0.15) is 5.75 Å². The summed E-state index contributed by atoms with van der Waals surface area (Å²) in [6, 6.07) is 3.97. The lowest BCUT2D eigenvalue weighted by Gasteiger charge is -2.13. The van der Waals surface area contributed by atoms with E-state index in [1.165, 1.54) is 18.2 Å². The van der Waals surface area contributed by atoms with Crippen molar-refractivity contribution in [3.8, 4) is 5.75 Å². The van der Waals surface area contributed by atoms with Crippen molar-refractivity contribution in [2.24, 2.45) is 0 Å². The van der Waals surface area contributed by atoms with Crippen molar-refractivity contribution in [3.63, 3.8) is 0 Å². The second-order valence-corrected chi connectivity index (χ2v) is 4.18. The zero-order valence-corrected chi connectivity index (χ0v) is 10.5. The van der Waals surface area contributed by atoms with Crippen LogP contribution in [0.1, 0.15) is 18.2 Å². The molecule has 0 aliphatic rings. The van der Waals surface area contributed by atoms with Crippen molar-refractivity contribution in [1.29, 1.82) is 0 Å². The second-order valence-electron chi connectivity index (χ2n) is 4.18. The Morgan fingerprint density at radius 2 is 2.00 bits per heavy atom. The van der Waals surface area contributed by atoms with E-state index in [2.05, 4.69) is 9.72 Å². The summed E-state index contributed by atoms with van der Waals surface area (Å²) in [5, 5.41) is 0.469. The molecule has 1 aromatic carbocycles. The molecule has 6 heteroatoms. The lowest BCUT2D eigenvalue weighted by atomic mass is 10.1. The maximum absolute atomic E-state index is 12.2. The molecule has 0 bridgehead atoms. The summed E-state index contributed by atoms with van der Waals surface area (Å²) in [6.07, 6.45) is -4.00. The predicted molar refractivity (Wildman–Crippen MR) is 67.0 cm³/mol. The molecule has 0 aliphatic carbocycles. The number of fused-ring (bicyclic) bond motifs is 1. The summed E-state index contributed by atoms with van der Waals surface area (Å²) < 4.78 is 40.4. The number of hydrogen-bond acceptors (Lipinski definition) is 3. The van der Waals surface area contributed by atoms with E-state index in [9.17, 15) is 13.2 Å². The molecule has 0 atom stereocenters. The van der Waals surface area contributed by atoms with Crippen molar-refractivity contribution in [3.05, 3.63) is 29.5 Å². The number of nitrogen functional groups attached to an aromatic ring is 1. The first-order valence-corrected chi connectivity index (χ1v) is 5.76. The maximum Gasteiger partial charge on any atom is 0.573 e. The van der Waals surface area contributed by atoms with E-state index in [0.717, 1.165) is 11.3 Å². The van der Waals surface area contributed by atoms with E-state index in [1.54, 1.807) is 6.92 Å². The summed E-state index contributed by atoms with van der Waals surface area (Å²) >= 11 is 0. The van der Waals surface area contributed by atoms with Gasteiger partial charge >= 0.3 is 6.36 Å². The molecule has 0 fully saturated rings. The smallest absolute Gasteiger partial charge is 0.406 e. The summed E-state index contributed by atoms with van der Waals surface area (Å²) in [7, 11) is 0. The first-order valence-electron chi connectivity index (χ1n) is 5.76. The first-order chi connectivity index (χ1) is 8.81. The van der Waals surface area contributed by atoms with Gasteiger partial charge in [0.05, 0.1) is 5.52 Å². The number of ether oxygens (including phenoxy) is 1. The van der Waals surface area contributed by atoms with E-state index in [1.807, 2.05) is 6.92 Å². The molecule has 0 radical (unpaired) electrons. The van der Waals surface area contributed by atoms with Gasteiger partial charge < -0.3 is 10.5 Å². The highest BCUT2D eigenvalue weighted by Gasteiger charge is 2.31. The first kappa shape index (κ1) is 13.5. The van der Waals surface area contributed by atoms with Gasteiger partial charge in [-0.2, -0.15) is 0 Å². The minimum Gasteiger partial charge on any atom is -0.406 e. The van der Waals surface area contributed by atoms with Gasteiger partial charge in [-0.3, -0.25) is 4.98 Å². The van der Waals surface area contributed by atoms with E-state index < -0.39 is 6.36 Å². The lowest BCUT2D eigenvalue weighted by Crippen LogP contribution is -2.17. The number of nitrogens with two attached hydrogens (primary N) is 1.